The molecule has 0 heterocycles. The molecule has 184 valence electrons. The van der Waals surface area contributed by atoms with Gasteiger partial charge in [-0.15, -0.1) is 0 Å². The van der Waals surface area contributed by atoms with Crippen LogP contribution in [-0.2, 0) is 30.5 Å². The highest BCUT2D eigenvalue weighted by atomic mass is 16.5. The first-order valence-corrected chi connectivity index (χ1v) is 11.2. The number of carboxylic acid groups (broad SMARTS) is 2. The summed E-state index contributed by atoms with van der Waals surface area (Å²) in [6, 6.07) is 6.62. The number of ether oxygens (including phenoxy) is 3. The molecular formula is C24H35NO8. The Balaban J connectivity index is 2.04. The molecule has 1 aliphatic carbocycles. The molecule has 1 saturated carbocycles. The number of hydrogen-bond donors (Lipinski definition) is 3. The lowest BCUT2D eigenvalue weighted by atomic mass is 9.75. The van der Waals surface area contributed by atoms with E-state index < -0.39 is 29.3 Å². The van der Waals surface area contributed by atoms with Crippen molar-refractivity contribution in [3.63, 3.8) is 0 Å². The molecule has 0 aliphatic heterocycles. The Labute approximate surface area is 194 Å². The van der Waals surface area contributed by atoms with Crippen molar-refractivity contribution < 1.29 is 38.8 Å². The van der Waals surface area contributed by atoms with Crippen molar-refractivity contribution in [3.8, 4) is 5.75 Å². The molecule has 1 aromatic rings. The van der Waals surface area contributed by atoms with E-state index in [4.69, 9.17) is 14.2 Å². The summed E-state index contributed by atoms with van der Waals surface area (Å²) in [4.78, 5) is 36.4. The van der Waals surface area contributed by atoms with Crippen LogP contribution in [0.25, 0.3) is 0 Å². The first-order chi connectivity index (χ1) is 15.8. The summed E-state index contributed by atoms with van der Waals surface area (Å²) in [5.41, 5.74) is 0.0461. The molecule has 2 atom stereocenters. The highest BCUT2D eigenvalue weighted by Crippen LogP contribution is 2.44. The van der Waals surface area contributed by atoms with Gasteiger partial charge in [-0.3, -0.25) is 14.4 Å². The zero-order chi connectivity index (χ0) is 24.3. The SMILES string of the molecule is COCC[C@H](CC1(C(=O)N[C@H](COCc2cccc(OC)c2)CC(=O)O)CCCC1)C(=O)O. The van der Waals surface area contributed by atoms with E-state index in [1.807, 2.05) is 24.3 Å². The van der Waals surface area contributed by atoms with Crippen molar-refractivity contribution in [3.05, 3.63) is 29.8 Å². The maximum absolute atomic E-state index is 13.3. The average Bonchev–Trinajstić information content (AvgIpc) is 3.26. The van der Waals surface area contributed by atoms with E-state index in [1.54, 1.807) is 7.11 Å². The molecule has 1 fully saturated rings. The summed E-state index contributed by atoms with van der Waals surface area (Å²) in [6.07, 6.45) is 3.08. The summed E-state index contributed by atoms with van der Waals surface area (Å²) in [6.45, 7) is 0.568. The second-order valence-electron chi connectivity index (χ2n) is 8.64. The number of benzene rings is 1. The van der Waals surface area contributed by atoms with Crippen LogP contribution < -0.4 is 10.1 Å². The van der Waals surface area contributed by atoms with Gasteiger partial charge in [-0.2, -0.15) is 0 Å². The lowest BCUT2D eigenvalue weighted by Gasteiger charge is -2.32. The predicted octanol–water partition coefficient (Wildman–Crippen LogP) is 2.86. The van der Waals surface area contributed by atoms with Gasteiger partial charge in [-0.25, -0.2) is 0 Å². The molecule has 0 unspecified atom stereocenters. The molecule has 9 heteroatoms. The first kappa shape index (κ1) is 26.6. The van der Waals surface area contributed by atoms with E-state index in [0.717, 1.165) is 18.4 Å². The van der Waals surface area contributed by atoms with Gasteiger partial charge in [0.2, 0.25) is 5.91 Å². The molecule has 3 N–H and O–H groups in total. The molecule has 1 aromatic carbocycles. The van der Waals surface area contributed by atoms with Crippen LogP contribution in [0.15, 0.2) is 24.3 Å². The monoisotopic (exact) mass is 465 g/mol. The lowest BCUT2D eigenvalue weighted by molar-refractivity contribution is -0.145. The van der Waals surface area contributed by atoms with Crippen molar-refractivity contribution in [2.75, 3.05) is 27.4 Å². The van der Waals surface area contributed by atoms with Crippen LogP contribution in [0.3, 0.4) is 0 Å². The topological polar surface area (TPSA) is 131 Å². The molecule has 0 aromatic heterocycles. The largest absolute Gasteiger partial charge is 0.497 e. The second kappa shape index (κ2) is 13.2. The van der Waals surface area contributed by atoms with Gasteiger partial charge in [-0.05, 0) is 43.4 Å². The van der Waals surface area contributed by atoms with Crippen LogP contribution in [0, 0.1) is 11.3 Å². The van der Waals surface area contributed by atoms with E-state index in [2.05, 4.69) is 5.32 Å². The molecule has 0 bridgehead atoms. The van der Waals surface area contributed by atoms with Crippen molar-refractivity contribution in [2.45, 2.75) is 57.6 Å². The second-order valence-corrected chi connectivity index (χ2v) is 8.64. The fourth-order valence-electron chi connectivity index (χ4n) is 4.40. The quantitative estimate of drug-likeness (QED) is 0.360. The van der Waals surface area contributed by atoms with Crippen molar-refractivity contribution in [2.24, 2.45) is 11.3 Å². The minimum absolute atomic E-state index is 0.0252. The van der Waals surface area contributed by atoms with Gasteiger partial charge in [0.05, 0.1) is 44.1 Å². The Morgan fingerprint density at radius 2 is 1.88 bits per heavy atom. The van der Waals surface area contributed by atoms with Gasteiger partial charge < -0.3 is 29.7 Å². The standard InChI is InChI=1S/C24H35NO8/c1-31-11-8-18(22(28)29)14-24(9-3-4-10-24)23(30)25-19(13-21(26)27)16-33-15-17-6-5-7-20(12-17)32-2/h5-7,12,18-19H,3-4,8-11,13-16H2,1-2H3,(H,25,30)(H,26,27)(H,28,29)/t18-,19+/m1/s1. The van der Waals surface area contributed by atoms with Gasteiger partial charge in [0.1, 0.15) is 5.75 Å². The number of aliphatic carboxylic acids is 2. The fraction of sp³-hybridized carbons (Fsp3) is 0.625. The molecule has 9 nitrogen and oxygen atoms in total. The Morgan fingerprint density at radius 3 is 2.48 bits per heavy atom. The number of amides is 1. The summed E-state index contributed by atoms with van der Waals surface area (Å²) < 4.78 is 15.9. The number of methoxy groups -OCH3 is 2. The van der Waals surface area contributed by atoms with Crippen molar-refractivity contribution in [1.82, 2.24) is 5.32 Å². The normalized spacial score (nSPS) is 16.7. The Bertz CT molecular complexity index is 790. The highest BCUT2D eigenvalue weighted by Gasteiger charge is 2.44. The fourth-order valence-corrected chi connectivity index (χ4v) is 4.40. The summed E-state index contributed by atoms with van der Waals surface area (Å²) in [5.74, 6) is -2.30. The third kappa shape index (κ3) is 8.33. The molecule has 0 spiro atoms. The number of rotatable bonds is 15. The van der Waals surface area contributed by atoms with Crippen molar-refractivity contribution in [1.29, 1.82) is 0 Å². The zero-order valence-electron chi connectivity index (χ0n) is 19.4. The Kier molecular flexibility index (Phi) is 10.6. The molecule has 33 heavy (non-hydrogen) atoms. The van der Waals surface area contributed by atoms with Gasteiger partial charge in [0.25, 0.3) is 0 Å². The molecule has 0 radical (unpaired) electrons. The lowest BCUT2D eigenvalue weighted by Crippen LogP contribution is -2.48. The van der Waals surface area contributed by atoms with E-state index in [9.17, 15) is 24.6 Å². The van der Waals surface area contributed by atoms with E-state index in [-0.39, 0.29) is 32.0 Å². The highest BCUT2D eigenvalue weighted by molar-refractivity contribution is 5.84. The number of hydrogen-bond acceptors (Lipinski definition) is 6. The van der Waals surface area contributed by atoms with Crippen LogP contribution in [0.5, 0.6) is 5.75 Å². The number of carboxylic acids is 2. The number of carbonyl (C=O) groups excluding carboxylic acids is 1. The molecular weight excluding hydrogens is 430 g/mol. The minimum atomic E-state index is -1.05. The first-order valence-electron chi connectivity index (χ1n) is 11.2. The van der Waals surface area contributed by atoms with Gasteiger partial charge in [0, 0.05) is 13.7 Å². The van der Waals surface area contributed by atoms with Crippen molar-refractivity contribution >= 4 is 17.8 Å². The average molecular weight is 466 g/mol. The van der Waals surface area contributed by atoms with E-state index >= 15 is 0 Å². The molecule has 1 aliphatic rings. The van der Waals surface area contributed by atoms with Gasteiger partial charge >= 0.3 is 11.9 Å². The van der Waals surface area contributed by atoms with Crippen LogP contribution >= 0.6 is 0 Å². The van der Waals surface area contributed by atoms with Gasteiger partial charge in [0.15, 0.2) is 0 Å². The minimum Gasteiger partial charge on any atom is -0.497 e. The third-order valence-corrected chi connectivity index (χ3v) is 6.18. The van der Waals surface area contributed by atoms with Gasteiger partial charge in [-0.1, -0.05) is 25.0 Å². The number of nitrogens with one attached hydrogen (secondary N) is 1. The zero-order valence-corrected chi connectivity index (χ0v) is 19.4. The molecule has 2 rings (SSSR count). The molecule has 0 saturated heterocycles. The third-order valence-electron chi connectivity index (χ3n) is 6.18. The summed E-state index contributed by atoms with van der Waals surface area (Å²) >= 11 is 0. The van der Waals surface area contributed by atoms with Crippen LogP contribution in [-0.4, -0.2) is 61.5 Å². The summed E-state index contributed by atoms with van der Waals surface area (Å²) in [5, 5.41) is 21.8. The van der Waals surface area contributed by atoms with Crippen LogP contribution in [0.1, 0.15) is 50.5 Å². The van der Waals surface area contributed by atoms with Crippen LogP contribution in [0.2, 0.25) is 0 Å². The smallest absolute Gasteiger partial charge is 0.306 e. The maximum atomic E-state index is 13.3. The van der Waals surface area contributed by atoms with Crippen LogP contribution in [0.4, 0.5) is 0 Å². The maximum Gasteiger partial charge on any atom is 0.306 e. The molecule has 1 amide bonds. The van der Waals surface area contributed by atoms with E-state index in [1.165, 1.54) is 7.11 Å². The Morgan fingerprint density at radius 1 is 1.15 bits per heavy atom. The number of carbonyl (C=O) groups is 3. The Hall–Kier alpha value is -2.65. The van der Waals surface area contributed by atoms with E-state index in [0.29, 0.717) is 31.6 Å². The summed E-state index contributed by atoms with van der Waals surface area (Å²) in [7, 11) is 3.08. The predicted molar refractivity (Wildman–Crippen MR) is 120 cm³/mol.